The van der Waals surface area contributed by atoms with Crippen molar-refractivity contribution in [1.82, 2.24) is 5.32 Å². The molecular weight excluding hydrogens is 674 g/mol. The van der Waals surface area contributed by atoms with Crippen molar-refractivity contribution in [3.05, 3.63) is 83.4 Å². The first-order valence-corrected chi connectivity index (χ1v) is 15.2. The Hall–Kier alpha value is -5.28. The van der Waals surface area contributed by atoms with Crippen LogP contribution in [0.5, 0.6) is 5.75 Å². The van der Waals surface area contributed by atoms with E-state index in [0.29, 0.717) is 34.7 Å². The van der Waals surface area contributed by atoms with Gasteiger partial charge in [0.15, 0.2) is 6.61 Å². The zero-order valence-electron chi connectivity index (χ0n) is 27.6. The van der Waals surface area contributed by atoms with Gasteiger partial charge in [0.2, 0.25) is 5.91 Å². The summed E-state index contributed by atoms with van der Waals surface area (Å²) in [5.74, 6) is -1.81. The Bertz CT molecular complexity index is 1650. The summed E-state index contributed by atoms with van der Waals surface area (Å²) >= 11 is 0. The van der Waals surface area contributed by atoms with E-state index in [2.05, 4.69) is 15.4 Å². The molecule has 3 aromatic carbocycles. The molecule has 0 saturated carbocycles. The number of nitrogens with one attached hydrogen (secondary N) is 2. The standard InChI is InChI=1S/C34H36F6N4O6/c1-21(2)12-13-44(29(45)19-41-32(48)42-25-9-7-8-22(14-25)15-31(47)49-4)27-10-5-6-11-28(27)50-20-30(46)43(3)26-17-23(33(35,36)37)16-24(18-26)34(38,39)40/h5-11,14,16-18,21H,12-13,15,19-20H2,1-4H3,(H2,41,42,48). The number of anilines is 3. The maximum Gasteiger partial charge on any atom is 0.416 e. The minimum atomic E-state index is -5.10. The van der Waals surface area contributed by atoms with Crippen LogP contribution in [0.15, 0.2) is 66.7 Å². The Kier molecular flexibility index (Phi) is 13.2. The van der Waals surface area contributed by atoms with Gasteiger partial charge in [-0.25, -0.2) is 4.79 Å². The summed E-state index contributed by atoms with van der Waals surface area (Å²) in [4.78, 5) is 52.6. The topological polar surface area (TPSA) is 117 Å². The molecular formula is C34H36F6N4O6. The molecule has 0 radical (unpaired) electrons. The minimum Gasteiger partial charge on any atom is -0.482 e. The summed E-state index contributed by atoms with van der Waals surface area (Å²) in [6.07, 6.45) is -9.69. The van der Waals surface area contributed by atoms with Crippen LogP contribution in [0.25, 0.3) is 0 Å². The molecule has 0 aliphatic rings. The number of halogens is 6. The number of hydrogen-bond donors (Lipinski definition) is 2. The lowest BCUT2D eigenvalue weighted by molar-refractivity contribution is -0.143. The van der Waals surface area contributed by atoms with Gasteiger partial charge in [-0.1, -0.05) is 38.1 Å². The number of hydrogen-bond acceptors (Lipinski definition) is 6. The average Bonchev–Trinajstić information content (AvgIpc) is 3.05. The van der Waals surface area contributed by atoms with Crippen molar-refractivity contribution in [3.8, 4) is 5.75 Å². The third kappa shape index (κ3) is 11.4. The fourth-order valence-electron chi connectivity index (χ4n) is 4.51. The van der Waals surface area contributed by atoms with Crippen LogP contribution < -0.4 is 25.2 Å². The fraction of sp³-hybridized carbons (Fsp3) is 0.353. The van der Waals surface area contributed by atoms with E-state index in [-0.39, 0.29) is 36.4 Å². The highest BCUT2D eigenvalue weighted by Gasteiger charge is 2.37. The highest BCUT2D eigenvalue weighted by atomic mass is 19.4. The Morgan fingerprint density at radius 2 is 1.48 bits per heavy atom. The van der Waals surface area contributed by atoms with Crippen LogP contribution in [0.2, 0.25) is 0 Å². The van der Waals surface area contributed by atoms with Crippen LogP contribution in [0.3, 0.4) is 0 Å². The van der Waals surface area contributed by atoms with Crippen LogP contribution in [-0.4, -0.2) is 57.7 Å². The first kappa shape index (κ1) is 39.2. The number of alkyl halides is 6. The molecule has 10 nitrogen and oxygen atoms in total. The molecule has 0 aromatic heterocycles. The zero-order valence-corrected chi connectivity index (χ0v) is 27.6. The Balaban J connectivity index is 1.75. The molecule has 0 unspecified atom stereocenters. The van der Waals surface area contributed by atoms with Crippen molar-refractivity contribution < 1.29 is 55.0 Å². The maximum absolute atomic E-state index is 13.4. The van der Waals surface area contributed by atoms with E-state index in [0.717, 1.165) is 7.05 Å². The van der Waals surface area contributed by atoms with Gasteiger partial charge >= 0.3 is 24.4 Å². The fourth-order valence-corrected chi connectivity index (χ4v) is 4.51. The predicted octanol–water partition coefficient (Wildman–Crippen LogP) is 6.68. The molecule has 0 aliphatic heterocycles. The summed E-state index contributed by atoms with van der Waals surface area (Å²) in [6, 6.07) is 12.7. The summed E-state index contributed by atoms with van der Waals surface area (Å²) in [6.45, 7) is 2.77. The second-order valence-electron chi connectivity index (χ2n) is 11.5. The smallest absolute Gasteiger partial charge is 0.416 e. The Morgan fingerprint density at radius 1 is 0.840 bits per heavy atom. The zero-order chi connectivity index (χ0) is 37.2. The van der Waals surface area contributed by atoms with E-state index in [1.54, 1.807) is 36.4 Å². The van der Waals surface area contributed by atoms with Gasteiger partial charge in [0.25, 0.3) is 5.91 Å². The molecule has 0 aliphatic carbocycles. The van der Waals surface area contributed by atoms with Crippen molar-refractivity contribution in [1.29, 1.82) is 0 Å². The van der Waals surface area contributed by atoms with Gasteiger partial charge in [-0.05, 0) is 60.4 Å². The summed E-state index contributed by atoms with van der Waals surface area (Å²) < 4.78 is 90.5. The first-order valence-electron chi connectivity index (χ1n) is 15.2. The van der Waals surface area contributed by atoms with Crippen molar-refractivity contribution in [2.24, 2.45) is 5.92 Å². The predicted molar refractivity (Wildman–Crippen MR) is 173 cm³/mol. The number of carbonyl (C=O) groups is 4. The molecule has 16 heteroatoms. The average molecular weight is 711 g/mol. The van der Waals surface area contributed by atoms with E-state index in [1.165, 1.54) is 24.1 Å². The molecule has 4 amide bonds. The maximum atomic E-state index is 13.4. The van der Waals surface area contributed by atoms with Crippen LogP contribution in [-0.2, 0) is 37.9 Å². The molecule has 0 saturated heterocycles. The molecule has 270 valence electrons. The van der Waals surface area contributed by atoms with Crippen molar-refractivity contribution >= 4 is 40.9 Å². The van der Waals surface area contributed by atoms with Gasteiger partial charge < -0.3 is 29.9 Å². The molecule has 3 rings (SSSR count). The van der Waals surface area contributed by atoms with E-state index >= 15 is 0 Å². The summed E-state index contributed by atoms with van der Waals surface area (Å²) in [5, 5.41) is 5.06. The summed E-state index contributed by atoms with van der Waals surface area (Å²) in [5.41, 5.74) is -2.65. The summed E-state index contributed by atoms with van der Waals surface area (Å²) in [7, 11) is 2.27. The van der Waals surface area contributed by atoms with Crippen molar-refractivity contribution in [2.45, 2.75) is 39.0 Å². The number of para-hydroxylation sites is 2. The number of rotatable bonds is 13. The second-order valence-corrected chi connectivity index (χ2v) is 11.5. The Labute approximate surface area is 284 Å². The number of amides is 4. The van der Waals surface area contributed by atoms with Gasteiger partial charge in [0, 0.05) is 25.0 Å². The number of carbonyl (C=O) groups excluding carboxylic acids is 4. The van der Waals surface area contributed by atoms with Crippen LogP contribution >= 0.6 is 0 Å². The molecule has 3 aromatic rings. The van der Waals surface area contributed by atoms with Crippen LogP contribution in [0.4, 0.5) is 48.2 Å². The van der Waals surface area contributed by atoms with Gasteiger partial charge in [-0.15, -0.1) is 0 Å². The first-order chi connectivity index (χ1) is 23.4. The molecule has 0 bridgehead atoms. The number of esters is 1. The lowest BCUT2D eigenvalue weighted by Gasteiger charge is -2.26. The number of methoxy groups -OCH3 is 1. The van der Waals surface area contributed by atoms with E-state index in [4.69, 9.17) is 4.74 Å². The lowest BCUT2D eigenvalue weighted by Crippen LogP contribution is -2.42. The number of urea groups is 1. The number of likely N-dealkylation sites (N-methyl/N-ethyl adjacent to an activating group) is 1. The molecule has 2 N–H and O–H groups in total. The van der Waals surface area contributed by atoms with Gasteiger partial charge in [0.05, 0.1) is 36.9 Å². The molecule has 0 spiro atoms. The number of nitrogens with zero attached hydrogens (tertiary/aromatic N) is 2. The van der Waals surface area contributed by atoms with E-state index in [9.17, 15) is 45.5 Å². The van der Waals surface area contributed by atoms with Crippen LogP contribution in [0, 0.1) is 5.92 Å². The minimum absolute atomic E-state index is 0.00939. The van der Waals surface area contributed by atoms with Gasteiger partial charge in [-0.2, -0.15) is 26.3 Å². The quantitative estimate of drug-likeness (QED) is 0.151. The lowest BCUT2D eigenvalue weighted by atomic mass is 10.1. The van der Waals surface area contributed by atoms with Crippen molar-refractivity contribution in [3.63, 3.8) is 0 Å². The Morgan fingerprint density at radius 3 is 2.08 bits per heavy atom. The highest BCUT2D eigenvalue weighted by molar-refractivity contribution is 5.99. The van der Waals surface area contributed by atoms with Gasteiger partial charge in [0.1, 0.15) is 5.75 Å². The van der Waals surface area contributed by atoms with E-state index < -0.39 is 66.1 Å². The third-order valence-electron chi connectivity index (χ3n) is 7.23. The molecule has 0 fully saturated rings. The SMILES string of the molecule is COC(=O)Cc1cccc(NC(=O)NCC(=O)N(CCC(C)C)c2ccccc2OCC(=O)N(C)c2cc(C(F)(F)F)cc(C(F)(F)F)c2)c1. The third-order valence-corrected chi connectivity index (χ3v) is 7.23. The number of benzene rings is 3. The molecule has 0 atom stereocenters. The normalized spacial score (nSPS) is 11.5. The highest BCUT2D eigenvalue weighted by Crippen LogP contribution is 2.38. The molecule has 0 heterocycles. The number of ether oxygens (including phenoxy) is 2. The van der Waals surface area contributed by atoms with Gasteiger partial charge in [-0.3, -0.25) is 14.4 Å². The second kappa shape index (κ2) is 16.9. The van der Waals surface area contributed by atoms with Crippen LogP contribution in [0.1, 0.15) is 37.0 Å². The molecule has 50 heavy (non-hydrogen) atoms. The van der Waals surface area contributed by atoms with E-state index in [1.807, 2.05) is 13.8 Å². The van der Waals surface area contributed by atoms with Crippen molar-refractivity contribution in [2.75, 3.05) is 49.0 Å². The largest absolute Gasteiger partial charge is 0.482 e. The monoisotopic (exact) mass is 710 g/mol.